The SMILES string of the molecule is NNc1ncc(COCc2ccccc2Cl)s1. The smallest absolute Gasteiger partial charge is 0.197 e. The molecule has 2 aromatic rings. The molecule has 0 aliphatic rings. The molecule has 0 spiro atoms. The Balaban J connectivity index is 1.85. The van der Waals surface area contributed by atoms with E-state index in [0.717, 1.165) is 15.5 Å². The van der Waals surface area contributed by atoms with E-state index in [4.69, 9.17) is 22.2 Å². The molecule has 0 saturated heterocycles. The van der Waals surface area contributed by atoms with Crippen LogP contribution < -0.4 is 11.3 Å². The van der Waals surface area contributed by atoms with Gasteiger partial charge in [-0.25, -0.2) is 10.8 Å². The van der Waals surface area contributed by atoms with Gasteiger partial charge in [0.25, 0.3) is 0 Å². The number of hydrogen-bond acceptors (Lipinski definition) is 5. The number of ether oxygens (including phenoxy) is 1. The first-order valence-corrected chi connectivity index (χ1v) is 6.21. The molecular formula is C11H12ClN3OS. The molecule has 0 fully saturated rings. The maximum absolute atomic E-state index is 6.02. The van der Waals surface area contributed by atoms with Gasteiger partial charge < -0.3 is 4.74 Å². The Labute approximate surface area is 108 Å². The molecule has 17 heavy (non-hydrogen) atoms. The third-order valence-electron chi connectivity index (χ3n) is 2.14. The normalized spacial score (nSPS) is 10.5. The molecule has 0 aliphatic carbocycles. The van der Waals surface area contributed by atoms with E-state index in [-0.39, 0.29) is 0 Å². The highest BCUT2D eigenvalue weighted by molar-refractivity contribution is 7.15. The second-order valence-electron chi connectivity index (χ2n) is 3.36. The van der Waals surface area contributed by atoms with Gasteiger partial charge in [0, 0.05) is 11.2 Å². The van der Waals surface area contributed by atoms with Crippen molar-refractivity contribution in [1.82, 2.24) is 4.98 Å². The molecule has 0 bridgehead atoms. The molecule has 0 atom stereocenters. The fraction of sp³-hybridized carbons (Fsp3) is 0.182. The van der Waals surface area contributed by atoms with Crippen LogP contribution in [-0.2, 0) is 18.0 Å². The van der Waals surface area contributed by atoms with E-state index in [9.17, 15) is 0 Å². The molecule has 3 N–H and O–H groups in total. The third kappa shape index (κ3) is 3.41. The van der Waals surface area contributed by atoms with E-state index >= 15 is 0 Å². The summed E-state index contributed by atoms with van der Waals surface area (Å²) in [6.45, 7) is 0.994. The summed E-state index contributed by atoms with van der Waals surface area (Å²) in [5.41, 5.74) is 3.48. The highest BCUT2D eigenvalue weighted by atomic mass is 35.5. The average Bonchev–Trinajstić information content (AvgIpc) is 2.80. The zero-order valence-corrected chi connectivity index (χ0v) is 10.6. The summed E-state index contributed by atoms with van der Waals surface area (Å²) in [5, 5.41) is 1.41. The van der Waals surface area contributed by atoms with Crippen molar-refractivity contribution in [3.63, 3.8) is 0 Å². The zero-order chi connectivity index (χ0) is 12.1. The zero-order valence-electron chi connectivity index (χ0n) is 9.02. The Bertz CT molecular complexity index is 489. The molecular weight excluding hydrogens is 258 g/mol. The Kier molecular flexibility index (Phi) is 4.33. The number of thiazole rings is 1. The van der Waals surface area contributed by atoms with Crippen molar-refractivity contribution in [2.24, 2.45) is 5.84 Å². The van der Waals surface area contributed by atoms with Crippen molar-refractivity contribution >= 4 is 28.1 Å². The lowest BCUT2D eigenvalue weighted by Crippen LogP contribution is -2.05. The molecule has 0 radical (unpaired) electrons. The fourth-order valence-corrected chi connectivity index (χ4v) is 2.17. The monoisotopic (exact) mass is 269 g/mol. The topological polar surface area (TPSA) is 60.2 Å². The lowest BCUT2D eigenvalue weighted by Gasteiger charge is -2.04. The summed E-state index contributed by atoms with van der Waals surface area (Å²) in [6, 6.07) is 7.63. The summed E-state index contributed by atoms with van der Waals surface area (Å²) < 4.78 is 5.56. The summed E-state index contributed by atoms with van der Waals surface area (Å²) in [6.07, 6.45) is 1.74. The quantitative estimate of drug-likeness (QED) is 0.647. The van der Waals surface area contributed by atoms with Gasteiger partial charge in [0.15, 0.2) is 5.13 Å². The predicted octanol–water partition coefficient (Wildman–Crippen LogP) is 2.80. The Morgan fingerprint density at radius 3 is 2.88 bits per heavy atom. The van der Waals surface area contributed by atoms with Crippen molar-refractivity contribution < 1.29 is 4.74 Å². The van der Waals surface area contributed by atoms with Crippen LogP contribution in [0.1, 0.15) is 10.4 Å². The maximum atomic E-state index is 6.02. The standard InChI is InChI=1S/C11H12ClN3OS/c12-10-4-2-1-3-8(10)6-16-7-9-5-14-11(15-13)17-9/h1-5H,6-7,13H2,(H,14,15). The highest BCUT2D eigenvalue weighted by Crippen LogP contribution is 2.20. The van der Waals surface area contributed by atoms with Crippen LogP contribution in [0.3, 0.4) is 0 Å². The second-order valence-corrected chi connectivity index (χ2v) is 4.88. The minimum atomic E-state index is 0.489. The first kappa shape index (κ1) is 12.3. The number of nitrogens with one attached hydrogen (secondary N) is 1. The molecule has 1 aromatic carbocycles. The van der Waals surface area contributed by atoms with Crippen molar-refractivity contribution in [1.29, 1.82) is 0 Å². The summed E-state index contributed by atoms with van der Waals surface area (Å²) >= 11 is 7.48. The number of aromatic nitrogens is 1. The van der Waals surface area contributed by atoms with Gasteiger partial charge in [0.05, 0.1) is 18.1 Å². The van der Waals surface area contributed by atoms with Gasteiger partial charge in [0.2, 0.25) is 0 Å². The van der Waals surface area contributed by atoms with Crippen molar-refractivity contribution in [2.45, 2.75) is 13.2 Å². The van der Waals surface area contributed by atoms with E-state index in [1.54, 1.807) is 6.20 Å². The van der Waals surface area contributed by atoms with Gasteiger partial charge in [0.1, 0.15) is 0 Å². The van der Waals surface area contributed by atoms with Crippen LogP contribution in [0.5, 0.6) is 0 Å². The number of hydrogen-bond donors (Lipinski definition) is 2. The molecule has 1 heterocycles. The maximum Gasteiger partial charge on any atom is 0.197 e. The number of nitrogens with zero attached hydrogens (tertiary/aromatic N) is 1. The average molecular weight is 270 g/mol. The number of rotatable bonds is 5. The van der Waals surface area contributed by atoms with E-state index < -0.39 is 0 Å². The van der Waals surface area contributed by atoms with Crippen molar-refractivity contribution in [2.75, 3.05) is 5.43 Å². The Hall–Kier alpha value is -1.14. The lowest BCUT2D eigenvalue weighted by molar-refractivity contribution is 0.109. The number of nitrogens with two attached hydrogens (primary N) is 1. The largest absolute Gasteiger partial charge is 0.371 e. The first-order valence-electron chi connectivity index (χ1n) is 5.02. The highest BCUT2D eigenvalue weighted by Gasteiger charge is 2.02. The van der Waals surface area contributed by atoms with Crippen LogP contribution in [0, 0.1) is 0 Å². The molecule has 0 amide bonds. The van der Waals surface area contributed by atoms with Gasteiger partial charge in [-0.3, -0.25) is 5.43 Å². The molecule has 6 heteroatoms. The van der Waals surface area contributed by atoms with E-state index in [0.29, 0.717) is 18.3 Å². The molecule has 4 nitrogen and oxygen atoms in total. The van der Waals surface area contributed by atoms with E-state index in [2.05, 4.69) is 10.4 Å². The molecule has 2 rings (SSSR count). The number of benzene rings is 1. The molecule has 0 unspecified atom stereocenters. The summed E-state index contributed by atoms with van der Waals surface area (Å²) in [5.74, 6) is 5.24. The summed E-state index contributed by atoms with van der Waals surface area (Å²) in [4.78, 5) is 5.07. The van der Waals surface area contributed by atoms with Gasteiger partial charge >= 0.3 is 0 Å². The van der Waals surface area contributed by atoms with Crippen molar-refractivity contribution in [3.8, 4) is 0 Å². The van der Waals surface area contributed by atoms with Gasteiger partial charge in [-0.1, -0.05) is 41.1 Å². The summed E-state index contributed by atoms with van der Waals surface area (Å²) in [7, 11) is 0. The number of nitrogen functional groups attached to an aromatic ring is 1. The van der Waals surface area contributed by atoms with Crippen LogP contribution in [0.15, 0.2) is 30.5 Å². The number of anilines is 1. The third-order valence-corrected chi connectivity index (χ3v) is 3.41. The minimum Gasteiger partial charge on any atom is -0.371 e. The number of hydrazine groups is 1. The van der Waals surface area contributed by atoms with Crippen LogP contribution in [0.4, 0.5) is 5.13 Å². The van der Waals surface area contributed by atoms with Crippen LogP contribution in [0.2, 0.25) is 5.02 Å². The Morgan fingerprint density at radius 1 is 1.35 bits per heavy atom. The Morgan fingerprint density at radius 2 is 2.18 bits per heavy atom. The van der Waals surface area contributed by atoms with Crippen molar-refractivity contribution in [3.05, 3.63) is 45.9 Å². The predicted molar refractivity (Wildman–Crippen MR) is 69.9 cm³/mol. The van der Waals surface area contributed by atoms with Gasteiger partial charge in [-0.15, -0.1) is 0 Å². The van der Waals surface area contributed by atoms with Crippen LogP contribution in [-0.4, -0.2) is 4.98 Å². The minimum absolute atomic E-state index is 0.489. The second kappa shape index (κ2) is 5.97. The lowest BCUT2D eigenvalue weighted by atomic mass is 10.2. The van der Waals surface area contributed by atoms with Crippen LogP contribution >= 0.6 is 22.9 Å². The van der Waals surface area contributed by atoms with E-state index in [1.165, 1.54) is 11.3 Å². The van der Waals surface area contributed by atoms with Gasteiger partial charge in [-0.2, -0.15) is 0 Å². The fourth-order valence-electron chi connectivity index (χ4n) is 1.32. The molecule has 90 valence electrons. The molecule has 0 saturated carbocycles. The first-order chi connectivity index (χ1) is 8.29. The van der Waals surface area contributed by atoms with Gasteiger partial charge in [-0.05, 0) is 11.6 Å². The number of halogens is 1. The van der Waals surface area contributed by atoms with E-state index in [1.807, 2.05) is 24.3 Å². The van der Waals surface area contributed by atoms with Crippen LogP contribution in [0.25, 0.3) is 0 Å². The molecule has 0 aliphatic heterocycles. The molecule has 1 aromatic heterocycles.